The van der Waals surface area contributed by atoms with E-state index in [2.05, 4.69) is 37.2 Å². The van der Waals surface area contributed by atoms with Crippen LogP contribution < -0.4 is 5.32 Å². The summed E-state index contributed by atoms with van der Waals surface area (Å²) < 4.78 is 20.4. The second-order valence-corrected chi connectivity index (χ2v) is 5.57. The minimum Gasteiger partial charge on any atom is -0.457 e. The molecule has 0 saturated carbocycles. The van der Waals surface area contributed by atoms with Crippen molar-refractivity contribution < 1.29 is 8.81 Å². The van der Waals surface area contributed by atoms with Crippen LogP contribution in [0.25, 0.3) is 0 Å². The minimum atomic E-state index is -0.204. The highest BCUT2D eigenvalue weighted by Crippen LogP contribution is 2.28. The summed E-state index contributed by atoms with van der Waals surface area (Å²) in [4.78, 5) is 0. The lowest BCUT2D eigenvalue weighted by Crippen LogP contribution is -2.19. The molecule has 1 unspecified atom stereocenters. The van der Waals surface area contributed by atoms with Gasteiger partial charge in [0.05, 0.1) is 6.26 Å². The topological polar surface area (TPSA) is 25.2 Å². The average Bonchev–Trinajstić information content (AvgIpc) is 2.75. The van der Waals surface area contributed by atoms with Crippen molar-refractivity contribution in [3.8, 4) is 0 Å². The molecule has 0 amide bonds. The fraction of sp³-hybridized carbons (Fsp3) is 0.231. The van der Waals surface area contributed by atoms with Gasteiger partial charge in [-0.2, -0.15) is 0 Å². The zero-order valence-electron chi connectivity index (χ0n) is 9.71. The monoisotopic (exact) mass is 375 g/mol. The third-order valence-corrected chi connectivity index (χ3v) is 3.95. The van der Waals surface area contributed by atoms with Gasteiger partial charge in [-0.3, -0.25) is 0 Å². The molecule has 2 aromatic rings. The molecule has 1 atom stereocenters. The van der Waals surface area contributed by atoms with E-state index < -0.39 is 0 Å². The lowest BCUT2D eigenvalue weighted by Gasteiger charge is -2.15. The van der Waals surface area contributed by atoms with E-state index in [1.165, 1.54) is 6.07 Å². The van der Waals surface area contributed by atoms with Crippen molar-refractivity contribution in [3.63, 3.8) is 0 Å². The summed E-state index contributed by atoms with van der Waals surface area (Å²) in [6, 6.07) is 7.00. The molecule has 2 nitrogen and oxygen atoms in total. The van der Waals surface area contributed by atoms with Crippen molar-refractivity contribution in [2.24, 2.45) is 0 Å². The molecule has 0 radical (unpaired) electrons. The molecule has 1 N–H and O–H groups in total. The zero-order chi connectivity index (χ0) is 13.1. The van der Waals surface area contributed by atoms with Crippen molar-refractivity contribution >= 4 is 31.9 Å². The Balaban J connectivity index is 2.23. The molecule has 18 heavy (non-hydrogen) atoms. The van der Waals surface area contributed by atoms with Crippen LogP contribution in [-0.2, 0) is 6.42 Å². The number of rotatable bonds is 4. The van der Waals surface area contributed by atoms with Crippen molar-refractivity contribution in [1.29, 1.82) is 0 Å². The lowest BCUT2D eigenvalue weighted by molar-refractivity contribution is 0.512. The van der Waals surface area contributed by atoms with E-state index in [-0.39, 0.29) is 11.9 Å². The van der Waals surface area contributed by atoms with Gasteiger partial charge in [0, 0.05) is 16.1 Å². The van der Waals surface area contributed by atoms with Crippen LogP contribution >= 0.6 is 31.9 Å². The first kappa shape index (κ1) is 13.8. The Hall–Kier alpha value is -0.650. The number of furan rings is 1. The van der Waals surface area contributed by atoms with Gasteiger partial charge in [-0.05, 0) is 53.2 Å². The van der Waals surface area contributed by atoms with Gasteiger partial charge in [-0.1, -0.05) is 22.0 Å². The normalized spacial score (nSPS) is 12.7. The first-order valence-corrected chi connectivity index (χ1v) is 7.04. The van der Waals surface area contributed by atoms with Crippen LogP contribution in [0.4, 0.5) is 4.39 Å². The second-order valence-electron chi connectivity index (χ2n) is 3.93. The minimum absolute atomic E-state index is 0.00815. The quantitative estimate of drug-likeness (QED) is 0.852. The van der Waals surface area contributed by atoms with Crippen LogP contribution in [0.1, 0.15) is 17.2 Å². The summed E-state index contributed by atoms with van der Waals surface area (Å²) in [6.07, 6.45) is 2.18. The smallest absolute Gasteiger partial charge is 0.173 e. The maximum Gasteiger partial charge on any atom is 0.173 e. The number of benzene rings is 1. The molecule has 0 spiro atoms. The molecule has 1 heterocycles. The molecule has 0 aliphatic carbocycles. The molecule has 0 bridgehead atoms. The Kier molecular flexibility index (Phi) is 4.59. The summed E-state index contributed by atoms with van der Waals surface area (Å²) in [7, 11) is 1.85. The number of hydrogen-bond acceptors (Lipinski definition) is 2. The summed E-state index contributed by atoms with van der Waals surface area (Å²) in [5.41, 5.74) is 1.66. The SMILES string of the molecule is CNC(Cc1ccc(Br)cc1F)c1ccoc1Br. The van der Waals surface area contributed by atoms with E-state index in [1.807, 2.05) is 19.2 Å². The predicted octanol–water partition coefficient (Wildman–Crippen LogP) is 4.45. The van der Waals surface area contributed by atoms with E-state index in [1.54, 1.807) is 12.3 Å². The molecule has 0 saturated heterocycles. The predicted molar refractivity (Wildman–Crippen MR) is 76.0 cm³/mol. The van der Waals surface area contributed by atoms with Gasteiger partial charge >= 0.3 is 0 Å². The Morgan fingerprint density at radius 2 is 2.11 bits per heavy atom. The van der Waals surface area contributed by atoms with Crippen LogP contribution in [0.5, 0.6) is 0 Å². The average molecular weight is 377 g/mol. The summed E-state index contributed by atoms with van der Waals surface area (Å²) >= 11 is 6.60. The molecule has 1 aromatic heterocycles. The van der Waals surface area contributed by atoms with Crippen molar-refractivity contribution in [2.45, 2.75) is 12.5 Å². The van der Waals surface area contributed by atoms with Crippen LogP contribution in [0.3, 0.4) is 0 Å². The fourth-order valence-corrected chi connectivity index (χ4v) is 2.68. The van der Waals surface area contributed by atoms with E-state index in [0.717, 1.165) is 10.0 Å². The Bertz CT molecular complexity index is 542. The van der Waals surface area contributed by atoms with Gasteiger partial charge in [0.1, 0.15) is 5.82 Å². The molecule has 0 fully saturated rings. The van der Waals surface area contributed by atoms with E-state index >= 15 is 0 Å². The maximum atomic E-state index is 13.8. The van der Waals surface area contributed by atoms with Crippen LogP contribution in [-0.4, -0.2) is 7.05 Å². The first-order valence-electron chi connectivity index (χ1n) is 5.46. The molecule has 0 aliphatic heterocycles. The van der Waals surface area contributed by atoms with E-state index in [9.17, 15) is 4.39 Å². The van der Waals surface area contributed by atoms with Gasteiger partial charge in [0.2, 0.25) is 0 Å². The molecule has 96 valence electrons. The van der Waals surface area contributed by atoms with Gasteiger partial charge in [-0.25, -0.2) is 4.39 Å². The third-order valence-electron chi connectivity index (χ3n) is 2.81. The Morgan fingerprint density at radius 1 is 1.33 bits per heavy atom. The highest BCUT2D eigenvalue weighted by Gasteiger charge is 2.17. The van der Waals surface area contributed by atoms with Crippen LogP contribution in [0.15, 0.2) is 44.1 Å². The number of hydrogen-bond donors (Lipinski definition) is 1. The highest BCUT2D eigenvalue weighted by molar-refractivity contribution is 9.10. The summed E-state index contributed by atoms with van der Waals surface area (Å²) in [6.45, 7) is 0. The molecular formula is C13H12Br2FNO. The van der Waals surface area contributed by atoms with Crippen LogP contribution in [0.2, 0.25) is 0 Å². The third kappa shape index (κ3) is 3.02. The summed E-state index contributed by atoms with van der Waals surface area (Å²) in [5, 5.41) is 3.17. The van der Waals surface area contributed by atoms with Crippen LogP contribution in [0, 0.1) is 5.82 Å². The lowest BCUT2D eigenvalue weighted by atomic mass is 10.0. The summed E-state index contributed by atoms with van der Waals surface area (Å²) in [5.74, 6) is -0.204. The Labute approximate surface area is 122 Å². The second kappa shape index (κ2) is 5.99. The van der Waals surface area contributed by atoms with Gasteiger partial charge in [0.15, 0.2) is 4.67 Å². The van der Waals surface area contributed by atoms with Gasteiger partial charge < -0.3 is 9.73 Å². The number of halogens is 3. The zero-order valence-corrected chi connectivity index (χ0v) is 12.9. The molecule has 5 heteroatoms. The van der Waals surface area contributed by atoms with Crippen molar-refractivity contribution in [3.05, 3.63) is 56.6 Å². The molecular weight excluding hydrogens is 365 g/mol. The fourth-order valence-electron chi connectivity index (χ4n) is 1.83. The van der Waals surface area contributed by atoms with E-state index in [0.29, 0.717) is 16.7 Å². The highest BCUT2D eigenvalue weighted by atomic mass is 79.9. The number of nitrogens with one attached hydrogen (secondary N) is 1. The van der Waals surface area contributed by atoms with Crippen molar-refractivity contribution in [2.75, 3.05) is 7.05 Å². The standard InChI is InChI=1S/C13H12Br2FNO/c1-17-12(10-4-5-18-13(10)15)6-8-2-3-9(14)7-11(8)16/h2-5,7,12,17H,6H2,1H3. The molecule has 0 aliphatic rings. The van der Waals surface area contributed by atoms with Crippen molar-refractivity contribution in [1.82, 2.24) is 5.32 Å². The molecule has 1 aromatic carbocycles. The molecule has 2 rings (SSSR count). The van der Waals surface area contributed by atoms with Gasteiger partial charge in [0.25, 0.3) is 0 Å². The van der Waals surface area contributed by atoms with Gasteiger partial charge in [-0.15, -0.1) is 0 Å². The van der Waals surface area contributed by atoms with E-state index in [4.69, 9.17) is 4.42 Å². The Morgan fingerprint density at radius 3 is 2.67 bits per heavy atom. The number of likely N-dealkylation sites (N-methyl/N-ethyl adjacent to an activating group) is 1. The first-order chi connectivity index (χ1) is 8.61. The largest absolute Gasteiger partial charge is 0.457 e. The maximum absolute atomic E-state index is 13.8.